The Kier molecular flexibility index (Phi) is 2.87. The summed E-state index contributed by atoms with van der Waals surface area (Å²) in [5.74, 6) is 0.546. The third-order valence-electron chi connectivity index (χ3n) is 1.82. The van der Waals surface area contributed by atoms with Crippen LogP contribution in [0.5, 0.6) is 0 Å². The maximum atomic E-state index is 5.07. The zero-order valence-electron chi connectivity index (χ0n) is 7.29. The van der Waals surface area contributed by atoms with Crippen LogP contribution in [0.4, 0.5) is 0 Å². The quantitative estimate of drug-likeness (QED) is 0.728. The van der Waals surface area contributed by atoms with E-state index in [4.69, 9.17) is 4.52 Å². The third-order valence-corrected chi connectivity index (χ3v) is 3.58. The van der Waals surface area contributed by atoms with Gasteiger partial charge < -0.3 is 4.52 Å². The summed E-state index contributed by atoms with van der Waals surface area (Å²) in [6.07, 6.45) is 0. The lowest BCUT2D eigenvalue weighted by Crippen LogP contribution is -1.86. The molecule has 0 saturated heterocycles. The molecule has 0 aliphatic heterocycles. The van der Waals surface area contributed by atoms with Gasteiger partial charge in [-0.1, -0.05) is 12.1 Å². The number of aromatic nitrogens is 2. The maximum Gasteiger partial charge on any atom is 0.259 e. The molecule has 0 amide bonds. The van der Waals surface area contributed by atoms with E-state index in [1.807, 2.05) is 12.1 Å². The van der Waals surface area contributed by atoms with Gasteiger partial charge in [-0.15, -0.1) is 0 Å². The Labute approximate surface area is 103 Å². The lowest BCUT2D eigenvalue weighted by atomic mass is 10.1. The largest absolute Gasteiger partial charge is 0.333 e. The molecule has 0 fully saturated rings. The average Bonchev–Trinajstić information content (AvgIpc) is 2.57. The fourth-order valence-corrected chi connectivity index (χ4v) is 1.95. The first-order valence-corrected chi connectivity index (χ1v) is 5.80. The molecule has 2 aromatic rings. The van der Waals surface area contributed by atoms with E-state index in [2.05, 4.69) is 61.7 Å². The van der Waals surface area contributed by atoms with Crippen molar-refractivity contribution in [2.75, 3.05) is 0 Å². The second kappa shape index (κ2) is 3.98. The number of hydrogen-bond donors (Lipinski definition) is 0. The Bertz CT molecular complexity index is 470. The molecule has 1 heterocycles. The number of aryl methyl sites for hydroxylation is 1. The molecule has 0 unspecified atom stereocenters. The minimum absolute atomic E-state index is 0.477. The van der Waals surface area contributed by atoms with Crippen LogP contribution < -0.4 is 0 Å². The van der Waals surface area contributed by atoms with Crippen LogP contribution in [0.25, 0.3) is 11.5 Å². The van der Waals surface area contributed by atoms with Crippen molar-refractivity contribution in [1.29, 1.82) is 0 Å². The van der Waals surface area contributed by atoms with Gasteiger partial charge in [0, 0.05) is 3.57 Å². The minimum atomic E-state index is 0.477. The summed E-state index contributed by atoms with van der Waals surface area (Å²) < 4.78 is 6.69. The predicted octanol–water partition coefficient (Wildman–Crippen LogP) is 3.41. The number of halogens is 2. The van der Waals surface area contributed by atoms with Crippen molar-refractivity contribution < 1.29 is 4.52 Å². The summed E-state index contributed by atoms with van der Waals surface area (Å²) in [7, 11) is 0. The van der Waals surface area contributed by atoms with Crippen molar-refractivity contribution in [3.8, 4) is 11.5 Å². The first kappa shape index (κ1) is 10.1. The fourth-order valence-electron chi connectivity index (χ4n) is 1.13. The summed E-state index contributed by atoms with van der Waals surface area (Å²) >= 11 is 5.43. The molecule has 72 valence electrons. The van der Waals surface area contributed by atoms with Crippen molar-refractivity contribution >= 4 is 38.5 Å². The van der Waals surface area contributed by atoms with Crippen LogP contribution in [0.15, 0.2) is 27.5 Å². The molecule has 1 aromatic heterocycles. The lowest BCUT2D eigenvalue weighted by Gasteiger charge is -2.01. The summed E-state index contributed by atoms with van der Waals surface area (Å²) in [5.41, 5.74) is 2.18. The molecule has 14 heavy (non-hydrogen) atoms. The van der Waals surface area contributed by atoms with Gasteiger partial charge in [-0.3, -0.25) is 0 Å². The van der Waals surface area contributed by atoms with Crippen LogP contribution in [-0.2, 0) is 0 Å². The zero-order valence-corrected chi connectivity index (χ0v) is 11.0. The summed E-state index contributed by atoms with van der Waals surface area (Å²) in [4.78, 5) is 4.12. The lowest BCUT2D eigenvalue weighted by molar-refractivity contribution is 0.426. The SMILES string of the molecule is Cc1cccc(-c2nc(Br)no2)c1I. The second-order valence-corrected chi connectivity index (χ2v) is 4.59. The standard InChI is InChI=1S/C9H6BrIN2O/c1-5-3-2-4-6(7(5)11)8-12-9(10)13-14-8/h2-4H,1H3. The van der Waals surface area contributed by atoms with E-state index >= 15 is 0 Å². The van der Waals surface area contributed by atoms with Crippen molar-refractivity contribution in [3.63, 3.8) is 0 Å². The van der Waals surface area contributed by atoms with Crippen LogP contribution in [0, 0.1) is 10.5 Å². The Morgan fingerprint density at radius 1 is 1.43 bits per heavy atom. The first-order valence-electron chi connectivity index (χ1n) is 3.93. The van der Waals surface area contributed by atoms with Crippen molar-refractivity contribution in [2.24, 2.45) is 0 Å². The molecular weight excluding hydrogens is 359 g/mol. The Hall–Kier alpha value is -0.430. The average molecular weight is 365 g/mol. The van der Waals surface area contributed by atoms with Gasteiger partial charge in [-0.25, -0.2) is 0 Å². The minimum Gasteiger partial charge on any atom is -0.333 e. The van der Waals surface area contributed by atoms with E-state index in [-0.39, 0.29) is 0 Å². The van der Waals surface area contributed by atoms with Gasteiger partial charge >= 0.3 is 0 Å². The van der Waals surface area contributed by atoms with Crippen LogP contribution in [-0.4, -0.2) is 10.1 Å². The van der Waals surface area contributed by atoms with Gasteiger partial charge in [-0.05, 0) is 62.2 Å². The van der Waals surface area contributed by atoms with Gasteiger partial charge in [0.2, 0.25) is 4.73 Å². The highest BCUT2D eigenvalue weighted by Gasteiger charge is 2.11. The normalized spacial score (nSPS) is 10.5. The highest BCUT2D eigenvalue weighted by molar-refractivity contribution is 14.1. The molecule has 0 N–H and O–H groups in total. The molecule has 3 nitrogen and oxygen atoms in total. The molecule has 1 aromatic carbocycles. The maximum absolute atomic E-state index is 5.07. The van der Waals surface area contributed by atoms with Crippen molar-refractivity contribution in [3.05, 3.63) is 32.1 Å². The molecule has 0 aliphatic rings. The highest BCUT2D eigenvalue weighted by atomic mass is 127. The molecule has 0 bridgehead atoms. The topological polar surface area (TPSA) is 38.9 Å². The van der Waals surface area contributed by atoms with Crippen molar-refractivity contribution in [1.82, 2.24) is 10.1 Å². The van der Waals surface area contributed by atoms with Crippen LogP contribution >= 0.6 is 38.5 Å². The van der Waals surface area contributed by atoms with Crippen LogP contribution in [0.1, 0.15) is 5.56 Å². The van der Waals surface area contributed by atoms with Gasteiger partial charge in [-0.2, -0.15) is 4.98 Å². The van der Waals surface area contributed by atoms with E-state index in [0.717, 1.165) is 9.13 Å². The molecule has 0 atom stereocenters. The van der Waals surface area contributed by atoms with E-state index in [1.165, 1.54) is 5.56 Å². The molecule has 2 rings (SSSR count). The van der Waals surface area contributed by atoms with Gasteiger partial charge in [0.05, 0.1) is 5.56 Å². The van der Waals surface area contributed by atoms with E-state index in [0.29, 0.717) is 10.6 Å². The number of nitrogens with zero attached hydrogens (tertiary/aromatic N) is 2. The van der Waals surface area contributed by atoms with Crippen molar-refractivity contribution in [2.45, 2.75) is 6.92 Å². The van der Waals surface area contributed by atoms with E-state index in [1.54, 1.807) is 0 Å². The number of rotatable bonds is 1. The van der Waals surface area contributed by atoms with Crippen LogP contribution in [0.2, 0.25) is 0 Å². The molecule has 0 saturated carbocycles. The van der Waals surface area contributed by atoms with Gasteiger partial charge in [0.25, 0.3) is 5.89 Å². The van der Waals surface area contributed by atoms with Gasteiger partial charge in [0.15, 0.2) is 0 Å². The Morgan fingerprint density at radius 2 is 2.21 bits per heavy atom. The molecular formula is C9H6BrIN2O. The van der Waals surface area contributed by atoms with E-state index < -0.39 is 0 Å². The zero-order chi connectivity index (χ0) is 10.1. The predicted molar refractivity (Wildman–Crippen MR) is 64.9 cm³/mol. The second-order valence-electron chi connectivity index (χ2n) is 2.81. The smallest absolute Gasteiger partial charge is 0.259 e. The first-order chi connectivity index (χ1) is 6.68. The fraction of sp³-hybridized carbons (Fsp3) is 0.111. The molecule has 0 aliphatic carbocycles. The highest BCUT2D eigenvalue weighted by Crippen LogP contribution is 2.26. The summed E-state index contributed by atoms with van der Waals surface area (Å²) in [6, 6.07) is 6.00. The summed E-state index contributed by atoms with van der Waals surface area (Å²) in [5, 5.41) is 3.69. The molecule has 0 spiro atoms. The third kappa shape index (κ3) is 1.83. The monoisotopic (exact) mass is 364 g/mol. The number of benzene rings is 1. The van der Waals surface area contributed by atoms with Gasteiger partial charge in [0.1, 0.15) is 0 Å². The molecule has 5 heteroatoms. The Morgan fingerprint density at radius 3 is 2.86 bits per heavy atom. The molecule has 0 radical (unpaired) electrons. The number of hydrogen-bond acceptors (Lipinski definition) is 3. The Balaban J connectivity index is 2.57. The summed E-state index contributed by atoms with van der Waals surface area (Å²) in [6.45, 7) is 2.05. The van der Waals surface area contributed by atoms with Crippen LogP contribution in [0.3, 0.4) is 0 Å². The van der Waals surface area contributed by atoms with E-state index in [9.17, 15) is 0 Å².